The van der Waals surface area contributed by atoms with Gasteiger partial charge in [0.05, 0.1) is 12.2 Å². The quantitative estimate of drug-likeness (QED) is 0.391. The standard InChI is InChI=1S/C18H26N4O.HI/c1-4-16-12-17(23-22-16)13-20-18(19-3)21-14(2)10-11-15-8-6-5-7-9-15;/h5-9,12,14H,4,10-11,13H2,1-3H3,(H2,19,20,21);1H. The van der Waals surface area contributed by atoms with Crippen molar-refractivity contribution in [2.24, 2.45) is 4.99 Å². The number of halogens is 1. The van der Waals surface area contributed by atoms with Gasteiger partial charge in [0.25, 0.3) is 0 Å². The Morgan fingerprint density at radius 2 is 2.04 bits per heavy atom. The van der Waals surface area contributed by atoms with Gasteiger partial charge in [-0.25, -0.2) is 0 Å². The first-order chi connectivity index (χ1) is 11.2. The molecule has 2 rings (SSSR count). The first-order valence-corrected chi connectivity index (χ1v) is 8.16. The molecule has 6 heteroatoms. The van der Waals surface area contributed by atoms with Gasteiger partial charge >= 0.3 is 0 Å². The molecule has 1 atom stereocenters. The van der Waals surface area contributed by atoms with Crippen LogP contribution in [0.5, 0.6) is 0 Å². The second-order valence-corrected chi connectivity index (χ2v) is 5.63. The summed E-state index contributed by atoms with van der Waals surface area (Å²) in [6.45, 7) is 4.81. The van der Waals surface area contributed by atoms with E-state index in [9.17, 15) is 0 Å². The van der Waals surface area contributed by atoms with Crippen molar-refractivity contribution in [3.63, 3.8) is 0 Å². The van der Waals surface area contributed by atoms with Crippen LogP contribution in [-0.2, 0) is 19.4 Å². The second-order valence-electron chi connectivity index (χ2n) is 5.63. The third-order valence-electron chi connectivity index (χ3n) is 3.72. The second kappa shape index (κ2) is 11.1. The first-order valence-electron chi connectivity index (χ1n) is 8.16. The van der Waals surface area contributed by atoms with Crippen molar-refractivity contribution >= 4 is 29.9 Å². The Morgan fingerprint density at radius 3 is 2.67 bits per heavy atom. The Kier molecular flexibility index (Phi) is 9.44. The van der Waals surface area contributed by atoms with Crippen LogP contribution in [0.15, 0.2) is 45.9 Å². The number of hydrogen-bond donors (Lipinski definition) is 2. The minimum Gasteiger partial charge on any atom is -0.359 e. The average Bonchev–Trinajstić information content (AvgIpc) is 3.05. The van der Waals surface area contributed by atoms with Crippen molar-refractivity contribution < 1.29 is 4.52 Å². The number of rotatable bonds is 7. The molecule has 0 amide bonds. The van der Waals surface area contributed by atoms with E-state index in [1.807, 2.05) is 12.1 Å². The molecule has 5 nitrogen and oxygen atoms in total. The van der Waals surface area contributed by atoms with E-state index in [-0.39, 0.29) is 24.0 Å². The van der Waals surface area contributed by atoms with Crippen molar-refractivity contribution in [2.45, 2.75) is 45.7 Å². The smallest absolute Gasteiger partial charge is 0.191 e. The molecule has 1 heterocycles. The summed E-state index contributed by atoms with van der Waals surface area (Å²) in [4.78, 5) is 4.26. The highest BCUT2D eigenvalue weighted by Crippen LogP contribution is 2.05. The largest absolute Gasteiger partial charge is 0.359 e. The lowest BCUT2D eigenvalue weighted by atomic mass is 10.1. The predicted octanol–water partition coefficient (Wildman–Crippen LogP) is 3.54. The van der Waals surface area contributed by atoms with Gasteiger partial charge in [-0.1, -0.05) is 42.4 Å². The molecule has 0 bridgehead atoms. The Morgan fingerprint density at radius 1 is 1.29 bits per heavy atom. The Bertz CT molecular complexity index is 612. The maximum absolute atomic E-state index is 5.27. The number of aromatic nitrogens is 1. The van der Waals surface area contributed by atoms with Crippen molar-refractivity contribution in [3.05, 3.63) is 53.4 Å². The molecule has 0 aliphatic rings. The summed E-state index contributed by atoms with van der Waals surface area (Å²) < 4.78 is 5.27. The van der Waals surface area contributed by atoms with Gasteiger partial charge in [-0.05, 0) is 31.7 Å². The van der Waals surface area contributed by atoms with Crippen LogP contribution in [0.2, 0.25) is 0 Å². The van der Waals surface area contributed by atoms with E-state index in [1.54, 1.807) is 7.05 Å². The monoisotopic (exact) mass is 442 g/mol. The summed E-state index contributed by atoms with van der Waals surface area (Å²) in [6, 6.07) is 12.8. The maximum atomic E-state index is 5.27. The van der Waals surface area contributed by atoms with Crippen molar-refractivity contribution in [1.82, 2.24) is 15.8 Å². The Labute approximate surface area is 161 Å². The van der Waals surface area contributed by atoms with Gasteiger partial charge in [0.1, 0.15) is 0 Å². The van der Waals surface area contributed by atoms with Crippen LogP contribution < -0.4 is 10.6 Å². The molecule has 0 fully saturated rings. The van der Waals surface area contributed by atoms with Gasteiger partial charge in [0, 0.05) is 19.2 Å². The van der Waals surface area contributed by atoms with Crippen LogP contribution in [0.4, 0.5) is 0 Å². The van der Waals surface area contributed by atoms with Gasteiger partial charge < -0.3 is 15.2 Å². The number of nitrogens with one attached hydrogen (secondary N) is 2. The molecule has 0 saturated carbocycles. The van der Waals surface area contributed by atoms with Crippen molar-refractivity contribution in [2.75, 3.05) is 7.05 Å². The Balaban J connectivity index is 0.00000288. The van der Waals surface area contributed by atoms with Crippen LogP contribution in [0.3, 0.4) is 0 Å². The van der Waals surface area contributed by atoms with Gasteiger partial charge in [-0.15, -0.1) is 24.0 Å². The SMILES string of the molecule is CCc1cc(CNC(=NC)NC(C)CCc2ccccc2)on1.I. The number of guanidine groups is 1. The van der Waals surface area contributed by atoms with Crippen molar-refractivity contribution in [3.8, 4) is 0 Å². The fraction of sp³-hybridized carbons (Fsp3) is 0.444. The van der Waals surface area contributed by atoms with Gasteiger partial charge in [-0.2, -0.15) is 0 Å². The first kappa shape index (κ1) is 20.5. The number of aryl methyl sites for hydroxylation is 2. The summed E-state index contributed by atoms with van der Waals surface area (Å²) in [7, 11) is 1.77. The minimum absolute atomic E-state index is 0. The van der Waals surface area contributed by atoms with Crippen LogP contribution >= 0.6 is 24.0 Å². The van der Waals surface area contributed by atoms with Crippen molar-refractivity contribution in [1.29, 1.82) is 0 Å². The van der Waals surface area contributed by atoms with E-state index in [1.165, 1.54) is 5.56 Å². The molecule has 24 heavy (non-hydrogen) atoms. The number of hydrogen-bond acceptors (Lipinski definition) is 3. The molecular formula is C18H27IN4O. The molecule has 1 unspecified atom stereocenters. The normalized spacial score (nSPS) is 12.4. The lowest BCUT2D eigenvalue weighted by Crippen LogP contribution is -2.42. The molecule has 1 aromatic heterocycles. The number of benzene rings is 1. The van der Waals surface area contributed by atoms with Gasteiger partial charge in [-0.3, -0.25) is 4.99 Å². The van der Waals surface area contributed by atoms with Crippen LogP contribution in [-0.4, -0.2) is 24.2 Å². The van der Waals surface area contributed by atoms with E-state index in [0.29, 0.717) is 12.6 Å². The zero-order valence-electron chi connectivity index (χ0n) is 14.6. The third kappa shape index (κ3) is 6.90. The molecule has 2 aromatic rings. The van der Waals surface area contributed by atoms with Gasteiger partial charge in [0.2, 0.25) is 0 Å². The fourth-order valence-corrected chi connectivity index (χ4v) is 2.30. The third-order valence-corrected chi connectivity index (χ3v) is 3.72. The van der Waals surface area contributed by atoms with Gasteiger partial charge in [0.15, 0.2) is 11.7 Å². The van der Waals surface area contributed by atoms with E-state index < -0.39 is 0 Å². The summed E-state index contributed by atoms with van der Waals surface area (Å²) in [6.07, 6.45) is 2.98. The van der Waals surface area contributed by atoms with Crippen LogP contribution in [0, 0.1) is 0 Å². The highest BCUT2D eigenvalue weighted by atomic mass is 127. The predicted molar refractivity (Wildman–Crippen MR) is 109 cm³/mol. The molecule has 1 aromatic carbocycles. The topological polar surface area (TPSA) is 62.5 Å². The molecule has 132 valence electrons. The lowest BCUT2D eigenvalue weighted by Gasteiger charge is -2.17. The summed E-state index contributed by atoms with van der Waals surface area (Å²) >= 11 is 0. The summed E-state index contributed by atoms with van der Waals surface area (Å²) in [5, 5.41) is 10.6. The molecular weight excluding hydrogens is 415 g/mol. The highest BCUT2D eigenvalue weighted by molar-refractivity contribution is 14.0. The number of nitrogens with zero attached hydrogens (tertiary/aromatic N) is 2. The molecule has 2 N–H and O–H groups in total. The zero-order valence-corrected chi connectivity index (χ0v) is 16.9. The molecule has 0 saturated heterocycles. The maximum Gasteiger partial charge on any atom is 0.191 e. The molecule has 0 aliphatic heterocycles. The lowest BCUT2D eigenvalue weighted by molar-refractivity contribution is 0.374. The molecule has 0 radical (unpaired) electrons. The zero-order chi connectivity index (χ0) is 16.5. The van der Waals surface area contributed by atoms with Crippen LogP contribution in [0.1, 0.15) is 37.3 Å². The Hall–Kier alpha value is -1.57. The van der Waals surface area contributed by atoms with Crippen LogP contribution in [0.25, 0.3) is 0 Å². The number of aliphatic imine (C=N–C) groups is 1. The van der Waals surface area contributed by atoms with E-state index in [4.69, 9.17) is 4.52 Å². The molecule has 0 spiro atoms. The van der Waals surface area contributed by atoms with E-state index in [2.05, 4.69) is 58.9 Å². The highest BCUT2D eigenvalue weighted by Gasteiger charge is 2.07. The van der Waals surface area contributed by atoms with E-state index in [0.717, 1.165) is 36.7 Å². The summed E-state index contributed by atoms with van der Waals surface area (Å²) in [5.74, 6) is 1.60. The van der Waals surface area contributed by atoms with E-state index >= 15 is 0 Å². The fourth-order valence-electron chi connectivity index (χ4n) is 2.30. The average molecular weight is 442 g/mol. The summed E-state index contributed by atoms with van der Waals surface area (Å²) in [5.41, 5.74) is 2.33. The molecule has 0 aliphatic carbocycles. The minimum atomic E-state index is 0.